The van der Waals surface area contributed by atoms with Gasteiger partial charge < -0.3 is 19.7 Å². The molecule has 1 atom stereocenters. The first-order valence-electron chi connectivity index (χ1n) is 10.7. The number of rotatable bonds is 6. The third kappa shape index (κ3) is 4.97. The number of hydrogen-bond acceptors (Lipinski definition) is 4. The lowest BCUT2D eigenvalue weighted by Gasteiger charge is -2.27. The number of benzene rings is 2. The van der Waals surface area contributed by atoms with Gasteiger partial charge in [-0.05, 0) is 56.0 Å². The molecule has 0 aromatic heterocycles. The van der Waals surface area contributed by atoms with Crippen LogP contribution in [-0.4, -0.2) is 49.1 Å². The summed E-state index contributed by atoms with van der Waals surface area (Å²) >= 11 is 0. The van der Waals surface area contributed by atoms with Crippen molar-refractivity contribution in [2.75, 3.05) is 31.6 Å². The molecular formula is C25H28N2O4. The monoisotopic (exact) mass is 420 g/mol. The fraction of sp³-hybridized carbons (Fsp3) is 0.360. The molecule has 6 nitrogen and oxygen atoms in total. The van der Waals surface area contributed by atoms with Gasteiger partial charge in [0, 0.05) is 24.4 Å². The highest BCUT2D eigenvalue weighted by Gasteiger charge is 2.28. The number of para-hydroxylation sites is 1. The number of ether oxygens (including phenoxy) is 2. The molecule has 1 saturated heterocycles. The normalized spacial score (nSPS) is 17.4. The van der Waals surface area contributed by atoms with Gasteiger partial charge in [0.05, 0.1) is 11.7 Å². The number of nitrogens with one attached hydrogen (secondary N) is 1. The topological polar surface area (TPSA) is 67.9 Å². The lowest BCUT2D eigenvalue weighted by atomic mass is 10.1. The van der Waals surface area contributed by atoms with E-state index in [9.17, 15) is 9.59 Å². The predicted octanol–water partition coefficient (Wildman–Crippen LogP) is 3.73. The molecule has 1 fully saturated rings. The Labute approximate surface area is 182 Å². The molecule has 0 aliphatic carbocycles. The Bertz CT molecular complexity index is 1010. The molecule has 1 unspecified atom stereocenters. The number of anilines is 1. The molecule has 4 rings (SSSR count). The number of aryl methyl sites for hydroxylation is 1. The van der Waals surface area contributed by atoms with Crippen molar-refractivity contribution in [3.8, 4) is 5.75 Å². The molecule has 2 aliphatic heterocycles. The van der Waals surface area contributed by atoms with Crippen molar-refractivity contribution in [1.29, 1.82) is 0 Å². The van der Waals surface area contributed by atoms with Crippen LogP contribution < -0.4 is 10.1 Å². The van der Waals surface area contributed by atoms with E-state index in [-0.39, 0.29) is 31.1 Å². The van der Waals surface area contributed by atoms with Gasteiger partial charge in [0.15, 0.2) is 0 Å². The van der Waals surface area contributed by atoms with E-state index < -0.39 is 0 Å². The van der Waals surface area contributed by atoms with Gasteiger partial charge in [-0.2, -0.15) is 0 Å². The third-order valence-corrected chi connectivity index (χ3v) is 5.86. The number of hydrogen-bond donors (Lipinski definition) is 1. The fourth-order valence-electron chi connectivity index (χ4n) is 3.95. The van der Waals surface area contributed by atoms with E-state index in [4.69, 9.17) is 9.47 Å². The first-order chi connectivity index (χ1) is 15.0. The summed E-state index contributed by atoms with van der Waals surface area (Å²) in [5, 5.41) is 2.96. The molecule has 0 spiro atoms. The Hall–Kier alpha value is -3.12. The van der Waals surface area contributed by atoms with Crippen molar-refractivity contribution < 1.29 is 19.1 Å². The van der Waals surface area contributed by atoms with Crippen LogP contribution in [0.2, 0.25) is 0 Å². The zero-order valence-electron chi connectivity index (χ0n) is 18.0. The predicted molar refractivity (Wildman–Crippen MR) is 120 cm³/mol. The highest BCUT2D eigenvalue weighted by atomic mass is 16.5. The summed E-state index contributed by atoms with van der Waals surface area (Å²) in [4.78, 5) is 27.8. The molecule has 2 heterocycles. The zero-order chi connectivity index (χ0) is 21.8. The van der Waals surface area contributed by atoms with Crippen LogP contribution in [0.25, 0.3) is 6.08 Å². The number of carbonyl (C=O) groups is 2. The molecular weight excluding hydrogens is 392 g/mol. The van der Waals surface area contributed by atoms with Gasteiger partial charge in [0.2, 0.25) is 5.91 Å². The Morgan fingerprint density at radius 2 is 1.97 bits per heavy atom. The number of carbonyl (C=O) groups excluding carboxylic acids is 2. The maximum atomic E-state index is 13.3. The minimum absolute atomic E-state index is 0.0366. The summed E-state index contributed by atoms with van der Waals surface area (Å²) in [6.07, 6.45) is 3.67. The molecule has 31 heavy (non-hydrogen) atoms. The maximum absolute atomic E-state index is 13.3. The lowest BCUT2D eigenvalue weighted by Crippen LogP contribution is -2.43. The fourth-order valence-corrected chi connectivity index (χ4v) is 3.95. The van der Waals surface area contributed by atoms with E-state index in [0.29, 0.717) is 18.7 Å². The van der Waals surface area contributed by atoms with Crippen LogP contribution in [0.15, 0.2) is 48.0 Å². The minimum Gasteiger partial charge on any atom is -0.488 e. The van der Waals surface area contributed by atoms with Crippen molar-refractivity contribution >= 4 is 23.6 Å². The van der Waals surface area contributed by atoms with Crippen LogP contribution in [-0.2, 0) is 14.3 Å². The van der Waals surface area contributed by atoms with E-state index in [1.807, 2.05) is 62.4 Å². The van der Waals surface area contributed by atoms with Gasteiger partial charge in [0.25, 0.3) is 5.91 Å². The smallest absolute Gasteiger partial charge is 0.253 e. The van der Waals surface area contributed by atoms with Crippen molar-refractivity contribution in [1.82, 2.24) is 4.90 Å². The summed E-state index contributed by atoms with van der Waals surface area (Å²) < 4.78 is 11.5. The molecule has 1 N–H and O–H groups in total. The van der Waals surface area contributed by atoms with Gasteiger partial charge in [0.1, 0.15) is 18.9 Å². The molecule has 6 heteroatoms. The highest BCUT2D eigenvalue weighted by Crippen LogP contribution is 2.27. The van der Waals surface area contributed by atoms with Gasteiger partial charge in [-0.25, -0.2) is 0 Å². The van der Waals surface area contributed by atoms with Crippen molar-refractivity contribution in [3.05, 3.63) is 64.7 Å². The summed E-state index contributed by atoms with van der Waals surface area (Å²) in [5.41, 5.74) is 4.30. The molecule has 0 radical (unpaired) electrons. The Morgan fingerprint density at radius 1 is 1.13 bits per heavy atom. The van der Waals surface area contributed by atoms with Crippen LogP contribution in [0.3, 0.4) is 0 Å². The second kappa shape index (κ2) is 9.35. The second-order valence-electron chi connectivity index (χ2n) is 8.11. The van der Waals surface area contributed by atoms with E-state index >= 15 is 0 Å². The Balaban J connectivity index is 1.51. The average molecular weight is 421 g/mol. The number of nitrogens with zero attached hydrogens (tertiary/aromatic N) is 1. The van der Waals surface area contributed by atoms with E-state index in [1.54, 1.807) is 4.90 Å². The lowest BCUT2D eigenvalue weighted by molar-refractivity contribution is -0.133. The van der Waals surface area contributed by atoms with Gasteiger partial charge in [-0.15, -0.1) is 0 Å². The standard InChI is InChI=1S/C25H28N2O4/c1-17-7-5-10-22(18(17)2)26-24(28)15-27(14-21-9-6-12-30-21)25(29)20-13-19-8-3-4-11-23(19)31-16-20/h3-5,7-8,10-11,13,21H,6,9,12,14-16H2,1-2H3,(H,26,28). The molecule has 2 amide bonds. The Morgan fingerprint density at radius 3 is 2.77 bits per heavy atom. The second-order valence-corrected chi connectivity index (χ2v) is 8.11. The average Bonchev–Trinajstić information content (AvgIpc) is 3.29. The van der Waals surface area contributed by atoms with Crippen molar-refractivity contribution in [3.63, 3.8) is 0 Å². The molecule has 2 aliphatic rings. The van der Waals surface area contributed by atoms with Crippen LogP contribution in [0.4, 0.5) is 5.69 Å². The SMILES string of the molecule is Cc1cccc(NC(=O)CN(CC2CCCO2)C(=O)C2=Cc3ccccc3OC2)c1C. The van der Waals surface area contributed by atoms with E-state index in [2.05, 4.69) is 5.32 Å². The van der Waals surface area contributed by atoms with Gasteiger partial charge in [-0.3, -0.25) is 9.59 Å². The van der Waals surface area contributed by atoms with Crippen molar-refractivity contribution in [2.24, 2.45) is 0 Å². The summed E-state index contributed by atoms with van der Waals surface area (Å²) in [7, 11) is 0. The highest BCUT2D eigenvalue weighted by molar-refractivity contribution is 6.02. The molecule has 0 bridgehead atoms. The number of amides is 2. The summed E-state index contributed by atoms with van der Waals surface area (Å²) in [5.74, 6) is 0.344. The third-order valence-electron chi connectivity index (χ3n) is 5.86. The molecule has 2 aromatic rings. The van der Waals surface area contributed by atoms with Crippen LogP contribution in [0, 0.1) is 13.8 Å². The first kappa shape index (κ1) is 21.1. The van der Waals surface area contributed by atoms with Crippen LogP contribution in [0.1, 0.15) is 29.5 Å². The van der Waals surface area contributed by atoms with Gasteiger partial charge in [-0.1, -0.05) is 30.3 Å². The minimum atomic E-state index is -0.224. The quantitative estimate of drug-likeness (QED) is 0.773. The zero-order valence-corrected chi connectivity index (χ0v) is 18.0. The maximum Gasteiger partial charge on any atom is 0.253 e. The van der Waals surface area contributed by atoms with Crippen LogP contribution >= 0.6 is 0 Å². The first-order valence-corrected chi connectivity index (χ1v) is 10.7. The summed E-state index contributed by atoms with van der Waals surface area (Å²) in [6, 6.07) is 13.4. The molecule has 0 saturated carbocycles. The molecule has 162 valence electrons. The van der Waals surface area contributed by atoms with E-state index in [1.165, 1.54) is 0 Å². The van der Waals surface area contributed by atoms with E-state index in [0.717, 1.165) is 41.0 Å². The number of fused-ring (bicyclic) bond motifs is 1. The summed E-state index contributed by atoms with van der Waals surface area (Å²) in [6.45, 7) is 5.22. The Kier molecular flexibility index (Phi) is 6.37. The van der Waals surface area contributed by atoms with Gasteiger partial charge >= 0.3 is 0 Å². The van der Waals surface area contributed by atoms with Crippen molar-refractivity contribution in [2.45, 2.75) is 32.8 Å². The van der Waals surface area contributed by atoms with Crippen LogP contribution in [0.5, 0.6) is 5.75 Å². The largest absolute Gasteiger partial charge is 0.488 e. The molecule has 2 aromatic carbocycles.